The van der Waals surface area contributed by atoms with Crippen molar-refractivity contribution in [1.29, 1.82) is 0 Å². The molecule has 0 saturated carbocycles. The number of hydrogen-bond acceptors (Lipinski definition) is 4. The third-order valence-corrected chi connectivity index (χ3v) is 2.63. The molecule has 1 unspecified atom stereocenters. The minimum atomic E-state index is -1.36. The number of amides is 3. The molecule has 1 atom stereocenters. The van der Waals surface area contributed by atoms with Gasteiger partial charge in [0.25, 0.3) is 0 Å². The van der Waals surface area contributed by atoms with Crippen LogP contribution < -0.4 is 21.3 Å². The molecule has 3 amide bonds. The van der Waals surface area contributed by atoms with Crippen LogP contribution in [-0.4, -0.2) is 43.2 Å². The van der Waals surface area contributed by atoms with Crippen molar-refractivity contribution >= 4 is 29.3 Å². The lowest BCUT2D eigenvalue weighted by atomic mass is 10.2. The Hall–Kier alpha value is -2.77. The van der Waals surface area contributed by atoms with E-state index in [1.54, 1.807) is 18.2 Å². The van der Waals surface area contributed by atoms with E-state index < -0.39 is 30.4 Å². The molecular formula is C13H18N4O4. The first-order valence-electron chi connectivity index (χ1n) is 6.15. The van der Waals surface area contributed by atoms with Crippen LogP contribution in [0.25, 0.3) is 0 Å². The van der Waals surface area contributed by atoms with Crippen LogP contribution in [0.4, 0.5) is 16.2 Å². The van der Waals surface area contributed by atoms with Gasteiger partial charge in [-0.3, -0.25) is 4.79 Å². The van der Waals surface area contributed by atoms with Crippen LogP contribution in [-0.2, 0) is 9.59 Å². The summed E-state index contributed by atoms with van der Waals surface area (Å²) in [7, 11) is 3.71. The Morgan fingerprint density at radius 3 is 2.52 bits per heavy atom. The minimum absolute atomic E-state index is 0.472. The first-order valence-corrected chi connectivity index (χ1v) is 6.15. The van der Waals surface area contributed by atoms with Gasteiger partial charge in [0, 0.05) is 25.5 Å². The number of carbonyl (C=O) groups is 3. The fraction of sp³-hybridized carbons (Fsp3) is 0.308. The van der Waals surface area contributed by atoms with Crippen LogP contribution in [0.3, 0.4) is 0 Å². The predicted octanol–water partition coefficient (Wildman–Crippen LogP) is 0.203. The number of urea groups is 1. The highest BCUT2D eigenvalue weighted by atomic mass is 16.4. The quantitative estimate of drug-likeness (QED) is 0.596. The molecule has 0 saturated heterocycles. The van der Waals surface area contributed by atoms with E-state index >= 15 is 0 Å². The minimum Gasteiger partial charge on any atom is -0.480 e. The summed E-state index contributed by atoms with van der Waals surface area (Å²) in [5.41, 5.74) is 6.31. The summed E-state index contributed by atoms with van der Waals surface area (Å²) < 4.78 is 0. The average Bonchev–Trinajstić information content (AvgIpc) is 2.37. The molecule has 1 aromatic carbocycles. The summed E-state index contributed by atoms with van der Waals surface area (Å²) in [6.07, 6.45) is -0.472. The number of nitrogens with two attached hydrogens (primary N) is 1. The second-order valence-corrected chi connectivity index (χ2v) is 4.60. The second-order valence-electron chi connectivity index (χ2n) is 4.60. The summed E-state index contributed by atoms with van der Waals surface area (Å²) in [4.78, 5) is 35.3. The zero-order valence-electron chi connectivity index (χ0n) is 11.8. The lowest BCUT2D eigenvalue weighted by molar-refractivity contribution is -0.140. The largest absolute Gasteiger partial charge is 0.480 e. The number of anilines is 2. The maximum absolute atomic E-state index is 11.7. The summed E-state index contributed by atoms with van der Waals surface area (Å²) in [5.74, 6) is -2.14. The van der Waals surface area contributed by atoms with Gasteiger partial charge in [-0.25, -0.2) is 9.59 Å². The monoisotopic (exact) mass is 294 g/mol. The van der Waals surface area contributed by atoms with E-state index in [2.05, 4.69) is 10.6 Å². The van der Waals surface area contributed by atoms with E-state index in [1.807, 2.05) is 25.1 Å². The number of carbonyl (C=O) groups excluding carboxylic acids is 2. The molecule has 0 fully saturated rings. The van der Waals surface area contributed by atoms with Gasteiger partial charge >= 0.3 is 12.0 Å². The first kappa shape index (κ1) is 16.3. The molecule has 0 radical (unpaired) electrons. The topological polar surface area (TPSA) is 125 Å². The summed E-state index contributed by atoms with van der Waals surface area (Å²) in [5, 5.41) is 13.6. The maximum atomic E-state index is 11.7. The number of aliphatic carboxylic acids is 1. The molecule has 0 aromatic heterocycles. The molecule has 0 bridgehead atoms. The summed E-state index contributed by atoms with van der Waals surface area (Å²) >= 11 is 0. The van der Waals surface area contributed by atoms with E-state index in [1.165, 1.54) is 0 Å². The van der Waals surface area contributed by atoms with Crippen molar-refractivity contribution in [2.45, 2.75) is 12.5 Å². The highest BCUT2D eigenvalue weighted by Crippen LogP contribution is 2.17. The number of hydrogen-bond donors (Lipinski definition) is 4. The molecule has 0 aliphatic carbocycles. The summed E-state index contributed by atoms with van der Waals surface area (Å²) in [6, 6.07) is 4.91. The van der Waals surface area contributed by atoms with E-state index in [9.17, 15) is 14.4 Å². The van der Waals surface area contributed by atoms with Crippen LogP contribution in [0.5, 0.6) is 0 Å². The standard InChI is InChI=1S/C13H18N4O4/c1-17(2)9-5-3-4-8(6-9)15-13(21)16-10(12(19)20)7-11(14)18/h3-6,10H,7H2,1-2H3,(H2,14,18)(H,19,20)(H2,15,16,21). The van der Waals surface area contributed by atoms with Gasteiger partial charge in [0.05, 0.1) is 6.42 Å². The van der Waals surface area contributed by atoms with Crippen LogP contribution in [0.2, 0.25) is 0 Å². The van der Waals surface area contributed by atoms with Crippen molar-refractivity contribution in [2.75, 3.05) is 24.3 Å². The van der Waals surface area contributed by atoms with Crippen molar-refractivity contribution in [3.8, 4) is 0 Å². The fourth-order valence-corrected chi connectivity index (χ4v) is 1.59. The summed E-state index contributed by atoms with van der Waals surface area (Å²) in [6.45, 7) is 0. The van der Waals surface area contributed by atoms with Crippen molar-refractivity contribution in [2.24, 2.45) is 5.73 Å². The lowest BCUT2D eigenvalue weighted by Crippen LogP contribution is -2.45. The zero-order chi connectivity index (χ0) is 16.0. The van der Waals surface area contributed by atoms with Gasteiger partial charge in [0.1, 0.15) is 6.04 Å². The van der Waals surface area contributed by atoms with Crippen molar-refractivity contribution in [3.05, 3.63) is 24.3 Å². The normalized spacial score (nSPS) is 11.3. The number of nitrogens with one attached hydrogen (secondary N) is 2. The van der Waals surface area contributed by atoms with Gasteiger partial charge in [-0.05, 0) is 18.2 Å². The number of rotatable bonds is 6. The number of benzene rings is 1. The third kappa shape index (κ3) is 5.39. The zero-order valence-corrected chi connectivity index (χ0v) is 11.8. The maximum Gasteiger partial charge on any atom is 0.326 e. The van der Waals surface area contributed by atoms with Gasteiger partial charge in [0.2, 0.25) is 5.91 Å². The molecule has 1 aromatic rings. The molecule has 8 nitrogen and oxygen atoms in total. The van der Waals surface area contributed by atoms with Gasteiger partial charge in [-0.15, -0.1) is 0 Å². The Morgan fingerprint density at radius 1 is 1.33 bits per heavy atom. The van der Waals surface area contributed by atoms with Crippen molar-refractivity contribution in [3.63, 3.8) is 0 Å². The molecule has 21 heavy (non-hydrogen) atoms. The van der Waals surface area contributed by atoms with Gasteiger partial charge < -0.3 is 26.4 Å². The highest BCUT2D eigenvalue weighted by Gasteiger charge is 2.22. The fourth-order valence-electron chi connectivity index (χ4n) is 1.59. The van der Waals surface area contributed by atoms with Gasteiger partial charge in [-0.1, -0.05) is 6.07 Å². The molecule has 5 N–H and O–H groups in total. The number of carboxylic acids is 1. The molecule has 0 heterocycles. The molecule has 1 rings (SSSR count). The number of carboxylic acid groups (broad SMARTS) is 1. The van der Waals surface area contributed by atoms with Crippen LogP contribution in [0.1, 0.15) is 6.42 Å². The van der Waals surface area contributed by atoms with Crippen LogP contribution >= 0.6 is 0 Å². The lowest BCUT2D eigenvalue weighted by Gasteiger charge is -2.16. The molecule has 114 valence electrons. The van der Waals surface area contributed by atoms with E-state index in [0.29, 0.717) is 5.69 Å². The Morgan fingerprint density at radius 2 is 2.00 bits per heavy atom. The average molecular weight is 294 g/mol. The van der Waals surface area contributed by atoms with E-state index in [-0.39, 0.29) is 0 Å². The predicted molar refractivity (Wildman–Crippen MR) is 78.2 cm³/mol. The van der Waals surface area contributed by atoms with Crippen molar-refractivity contribution < 1.29 is 19.5 Å². The molecular weight excluding hydrogens is 276 g/mol. The smallest absolute Gasteiger partial charge is 0.326 e. The number of nitrogens with zero attached hydrogens (tertiary/aromatic N) is 1. The highest BCUT2D eigenvalue weighted by molar-refractivity contribution is 5.94. The van der Waals surface area contributed by atoms with Gasteiger partial charge in [0.15, 0.2) is 0 Å². The van der Waals surface area contributed by atoms with E-state index in [0.717, 1.165) is 5.69 Å². The van der Waals surface area contributed by atoms with Crippen LogP contribution in [0.15, 0.2) is 24.3 Å². The molecule has 0 aliphatic rings. The third-order valence-electron chi connectivity index (χ3n) is 2.63. The molecule has 0 aliphatic heterocycles. The van der Waals surface area contributed by atoms with Crippen LogP contribution in [0, 0.1) is 0 Å². The number of primary amides is 1. The first-order chi connectivity index (χ1) is 9.79. The van der Waals surface area contributed by atoms with E-state index in [4.69, 9.17) is 10.8 Å². The van der Waals surface area contributed by atoms with Gasteiger partial charge in [-0.2, -0.15) is 0 Å². The Balaban J connectivity index is 2.69. The van der Waals surface area contributed by atoms with Crippen molar-refractivity contribution in [1.82, 2.24) is 5.32 Å². The second kappa shape index (κ2) is 7.13. The molecule has 0 spiro atoms. The SMILES string of the molecule is CN(C)c1cccc(NC(=O)NC(CC(N)=O)C(=O)O)c1. The molecule has 8 heteroatoms. The Bertz CT molecular complexity index is 545. The Kier molecular flexibility index (Phi) is 5.53. The Labute approximate surface area is 121 Å².